The van der Waals surface area contributed by atoms with Crippen molar-refractivity contribution < 1.29 is 4.79 Å². The van der Waals surface area contributed by atoms with Gasteiger partial charge in [0, 0.05) is 5.69 Å². The third kappa shape index (κ3) is 3.07. The predicted octanol–water partition coefficient (Wildman–Crippen LogP) is 0.871. The lowest BCUT2D eigenvalue weighted by atomic mass is 10.1. The smallest absolute Gasteiger partial charge is 0.236 e. The first-order valence-electron chi connectivity index (χ1n) is 4.13. The number of benzene rings is 1. The van der Waals surface area contributed by atoms with Crippen molar-refractivity contribution >= 4 is 40.4 Å². The molecule has 0 spiro atoms. The van der Waals surface area contributed by atoms with Crippen molar-refractivity contribution in [2.75, 3.05) is 11.9 Å². The summed E-state index contributed by atoms with van der Waals surface area (Å²) in [6, 6.07) is 5.13. The molecule has 0 bridgehead atoms. The number of carbonyl (C=O) groups excluding carboxylic acids is 1. The molecule has 0 atom stereocenters. The fourth-order valence-electron chi connectivity index (χ4n) is 1.10. The summed E-state index contributed by atoms with van der Waals surface area (Å²) in [5.74, 6) is -0.469. The summed E-state index contributed by atoms with van der Waals surface area (Å²) in [5.41, 5.74) is 11.6. The third-order valence-corrected chi connectivity index (χ3v) is 2.23. The molecule has 4 nitrogen and oxygen atoms in total. The molecule has 0 aliphatic heterocycles. The molecule has 0 fully saturated rings. The Morgan fingerprint density at radius 3 is 2.67 bits per heavy atom. The molecule has 0 radical (unpaired) electrons. The average Bonchev–Trinajstić information content (AvgIpc) is 2.13. The minimum absolute atomic E-state index is 0.00988. The van der Waals surface area contributed by atoms with E-state index in [0.29, 0.717) is 16.3 Å². The molecule has 0 aromatic heterocycles. The number of carbonyl (C=O) groups is 1. The van der Waals surface area contributed by atoms with Crippen LogP contribution in [0.5, 0.6) is 0 Å². The molecule has 1 amide bonds. The van der Waals surface area contributed by atoms with Gasteiger partial charge in [-0.05, 0) is 12.1 Å². The van der Waals surface area contributed by atoms with Gasteiger partial charge in [0.05, 0.1) is 17.1 Å². The maximum atomic E-state index is 10.6. The molecule has 0 aliphatic rings. The summed E-state index contributed by atoms with van der Waals surface area (Å²) in [4.78, 5) is 10.8. The van der Waals surface area contributed by atoms with Crippen molar-refractivity contribution in [2.45, 2.75) is 0 Å². The monoisotopic (exact) mass is 243 g/mol. The second kappa shape index (κ2) is 4.95. The van der Waals surface area contributed by atoms with Crippen LogP contribution in [0.4, 0.5) is 5.69 Å². The number of hydrogen-bond acceptors (Lipinski definition) is 3. The number of thiocarbonyl (C=S) groups is 1. The Labute approximate surface area is 97.6 Å². The van der Waals surface area contributed by atoms with E-state index >= 15 is 0 Å². The summed E-state index contributed by atoms with van der Waals surface area (Å²) in [6.45, 7) is 0.00988. The number of halogens is 1. The lowest BCUT2D eigenvalue weighted by molar-refractivity contribution is -0.116. The van der Waals surface area contributed by atoms with E-state index in [0.717, 1.165) is 0 Å². The number of anilines is 1. The van der Waals surface area contributed by atoms with Crippen LogP contribution in [-0.2, 0) is 4.79 Å². The second-order valence-corrected chi connectivity index (χ2v) is 3.69. The third-order valence-electron chi connectivity index (χ3n) is 1.71. The topological polar surface area (TPSA) is 81.1 Å². The first-order valence-corrected chi connectivity index (χ1v) is 4.91. The zero-order chi connectivity index (χ0) is 11.4. The maximum absolute atomic E-state index is 10.6. The van der Waals surface area contributed by atoms with Gasteiger partial charge >= 0.3 is 0 Å². The number of primary amides is 1. The highest BCUT2D eigenvalue weighted by atomic mass is 35.5. The Hall–Kier alpha value is -1.33. The van der Waals surface area contributed by atoms with Crippen LogP contribution in [0, 0.1) is 0 Å². The van der Waals surface area contributed by atoms with Crippen molar-refractivity contribution in [1.82, 2.24) is 0 Å². The van der Waals surface area contributed by atoms with Crippen LogP contribution < -0.4 is 16.8 Å². The quantitative estimate of drug-likeness (QED) is 0.686. The van der Waals surface area contributed by atoms with Gasteiger partial charge < -0.3 is 16.8 Å². The van der Waals surface area contributed by atoms with Gasteiger partial charge in [-0.1, -0.05) is 29.9 Å². The SMILES string of the molecule is NC(=O)CNc1cccc(Cl)c1C(N)=S. The Balaban J connectivity index is 3.01. The highest BCUT2D eigenvalue weighted by Gasteiger charge is 2.09. The fraction of sp³-hybridized carbons (Fsp3) is 0.111. The van der Waals surface area contributed by atoms with Gasteiger partial charge in [0.2, 0.25) is 5.91 Å². The van der Waals surface area contributed by atoms with Gasteiger partial charge in [0.25, 0.3) is 0 Å². The van der Waals surface area contributed by atoms with Gasteiger partial charge in [-0.2, -0.15) is 0 Å². The molecule has 0 heterocycles. The van der Waals surface area contributed by atoms with Crippen molar-refractivity contribution in [3.8, 4) is 0 Å². The standard InChI is InChI=1S/C9H10ClN3OS/c10-5-2-1-3-6(8(5)9(12)15)13-4-7(11)14/h1-3,13H,4H2,(H2,11,14)(H2,12,15). The number of nitrogens with one attached hydrogen (secondary N) is 1. The molecule has 1 aromatic carbocycles. The van der Waals surface area contributed by atoms with E-state index in [1.54, 1.807) is 18.2 Å². The van der Waals surface area contributed by atoms with E-state index in [4.69, 9.17) is 35.3 Å². The maximum Gasteiger partial charge on any atom is 0.236 e. The zero-order valence-corrected chi connectivity index (χ0v) is 9.36. The highest BCUT2D eigenvalue weighted by molar-refractivity contribution is 7.80. The van der Waals surface area contributed by atoms with Crippen LogP contribution in [0.25, 0.3) is 0 Å². The highest BCUT2D eigenvalue weighted by Crippen LogP contribution is 2.23. The van der Waals surface area contributed by atoms with Gasteiger partial charge in [-0.25, -0.2) is 0 Å². The number of nitrogens with two attached hydrogens (primary N) is 2. The van der Waals surface area contributed by atoms with Crippen molar-refractivity contribution in [2.24, 2.45) is 11.5 Å². The molecular weight excluding hydrogens is 234 g/mol. The van der Waals surface area contributed by atoms with Crippen molar-refractivity contribution in [3.63, 3.8) is 0 Å². The van der Waals surface area contributed by atoms with E-state index < -0.39 is 5.91 Å². The van der Waals surface area contributed by atoms with Gasteiger partial charge in [0.1, 0.15) is 4.99 Å². The molecule has 5 N–H and O–H groups in total. The van der Waals surface area contributed by atoms with Crippen molar-refractivity contribution in [3.05, 3.63) is 28.8 Å². The Morgan fingerprint density at radius 1 is 1.47 bits per heavy atom. The van der Waals surface area contributed by atoms with Crippen LogP contribution in [0.2, 0.25) is 5.02 Å². The predicted molar refractivity (Wildman–Crippen MR) is 65.0 cm³/mol. The molecule has 1 aromatic rings. The van der Waals surface area contributed by atoms with Gasteiger partial charge in [-0.15, -0.1) is 0 Å². The van der Waals surface area contributed by atoms with Crippen LogP contribution in [0.1, 0.15) is 5.56 Å². The number of hydrogen-bond donors (Lipinski definition) is 3. The summed E-state index contributed by atoms with van der Waals surface area (Å²) in [7, 11) is 0. The van der Waals surface area contributed by atoms with Crippen LogP contribution in [0.3, 0.4) is 0 Å². The molecule has 0 unspecified atom stereocenters. The van der Waals surface area contributed by atoms with Crippen LogP contribution in [0.15, 0.2) is 18.2 Å². The molecule has 6 heteroatoms. The first-order chi connectivity index (χ1) is 7.02. The minimum Gasteiger partial charge on any atom is -0.389 e. The Bertz CT molecular complexity index is 408. The molecule has 15 heavy (non-hydrogen) atoms. The zero-order valence-electron chi connectivity index (χ0n) is 7.79. The molecule has 80 valence electrons. The fourth-order valence-corrected chi connectivity index (χ4v) is 1.66. The van der Waals surface area contributed by atoms with E-state index in [1.807, 2.05) is 0 Å². The average molecular weight is 244 g/mol. The van der Waals surface area contributed by atoms with E-state index in [1.165, 1.54) is 0 Å². The second-order valence-electron chi connectivity index (χ2n) is 2.85. The molecule has 0 saturated carbocycles. The van der Waals surface area contributed by atoms with E-state index in [9.17, 15) is 4.79 Å². The summed E-state index contributed by atoms with van der Waals surface area (Å²) < 4.78 is 0. The Morgan fingerprint density at radius 2 is 2.13 bits per heavy atom. The van der Waals surface area contributed by atoms with Gasteiger partial charge in [-0.3, -0.25) is 4.79 Å². The van der Waals surface area contributed by atoms with Gasteiger partial charge in [0.15, 0.2) is 0 Å². The minimum atomic E-state index is -0.469. The summed E-state index contributed by atoms with van der Waals surface area (Å²) >= 11 is 10.8. The van der Waals surface area contributed by atoms with E-state index in [-0.39, 0.29) is 11.5 Å². The normalized spacial score (nSPS) is 9.67. The molecule has 1 rings (SSSR count). The van der Waals surface area contributed by atoms with E-state index in [2.05, 4.69) is 5.32 Å². The van der Waals surface area contributed by atoms with Crippen molar-refractivity contribution in [1.29, 1.82) is 0 Å². The molecular formula is C9H10ClN3OS. The lowest BCUT2D eigenvalue weighted by Crippen LogP contribution is -2.23. The Kier molecular flexibility index (Phi) is 3.88. The lowest BCUT2D eigenvalue weighted by Gasteiger charge is -2.10. The molecule has 0 aliphatic carbocycles. The number of amides is 1. The van der Waals surface area contributed by atoms with Crippen LogP contribution >= 0.6 is 23.8 Å². The summed E-state index contributed by atoms with van der Waals surface area (Å²) in [6.07, 6.45) is 0. The largest absolute Gasteiger partial charge is 0.389 e. The first kappa shape index (κ1) is 11.7. The van der Waals surface area contributed by atoms with Crippen LogP contribution in [-0.4, -0.2) is 17.4 Å². The summed E-state index contributed by atoms with van der Waals surface area (Å²) in [5, 5.41) is 3.25. The molecule has 0 saturated heterocycles. The number of rotatable bonds is 4.